The first-order valence-corrected chi connectivity index (χ1v) is 8.01. The van der Waals surface area contributed by atoms with Crippen LogP contribution < -0.4 is 10.9 Å². The second kappa shape index (κ2) is 7.38. The number of carbonyl (C=O) groups is 1. The zero-order chi connectivity index (χ0) is 17.7. The predicted octanol–water partition coefficient (Wildman–Crippen LogP) is 2.70. The van der Waals surface area contributed by atoms with Crippen molar-refractivity contribution in [1.29, 1.82) is 0 Å². The lowest BCUT2D eigenvalue weighted by Gasteiger charge is -2.25. The van der Waals surface area contributed by atoms with E-state index < -0.39 is 5.54 Å². The molecular weight excluding hydrogens is 309 g/mol. The molecular formula is C18H22FN3O2. The summed E-state index contributed by atoms with van der Waals surface area (Å²) < 4.78 is 14.2. The third-order valence-electron chi connectivity index (χ3n) is 3.84. The van der Waals surface area contributed by atoms with Gasteiger partial charge in [0, 0.05) is 18.2 Å². The van der Waals surface area contributed by atoms with E-state index in [0.717, 1.165) is 12.8 Å². The van der Waals surface area contributed by atoms with Crippen molar-refractivity contribution in [2.24, 2.45) is 0 Å². The van der Waals surface area contributed by atoms with Crippen molar-refractivity contribution in [2.75, 3.05) is 6.54 Å². The maximum absolute atomic E-state index is 13.1. The van der Waals surface area contributed by atoms with Crippen LogP contribution in [-0.2, 0) is 10.3 Å². The quantitative estimate of drug-likeness (QED) is 0.828. The Morgan fingerprint density at radius 1 is 1.21 bits per heavy atom. The summed E-state index contributed by atoms with van der Waals surface area (Å²) in [7, 11) is 0. The molecule has 2 aromatic rings. The van der Waals surface area contributed by atoms with Gasteiger partial charge in [-0.05, 0) is 50.6 Å². The maximum Gasteiger partial charge on any atom is 0.267 e. The van der Waals surface area contributed by atoms with E-state index >= 15 is 0 Å². The summed E-state index contributed by atoms with van der Waals surface area (Å²) in [6.45, 7) is 5.90. The van der Waals surface area contributed by atoms with Crippen LogP contribution >= 0.6 is 0 Å². The fourth-order valence-corrected chi connectivity index (χ4v) is 2.28. The molecule has 0 unspecified atom stereocenters. The monoisotopic (exact) mass is 331 g/mol. The summed E-state index contributed by atoms with van der Waals surface area (Å²) in [5.41, 5.74) is -0.311. The van der Waals surface area contributed by atoms with Crippen molar-refractivity contribution in [3.63, 3.8) is 0 Å². The minimum Gasteiger partial charge on any atom is -0.354 e. The largest absolute Gasteiger partial charge is 0.354 e. The first-order valence-electron chi connectivity index (χ1n) is 8.01. The molecule has 128 valence electrons. The highest BCUT2D eigenvalue weighted by atomic mass is 19.1. The standard InChI is InChI=1S/C18H22FN3O2/c1-4-5-12-20-17(24)18(2,3)22-16(23)11-10-15(21-22)13-6-8-14(19)9-7-13/h6-11H,4-5,12H2,1-3H3,(H,20,24). The average molecular weight is 331 g/mol. The first-order chi connectivity index (χ1) is 11.4. The molecule has 0 spiro atoms. The van der Waals surface area contributed by atoms with E-state index in [1.165, 1.54) is 22.9 Å². The molecule has 1 heterocycles. The highest BCUT2D eigenvalue weighted by Crippen LogP contribution is 2.18. The highest BCUT2D eigenvalue weighted by molar-refractivity contribution is 5.83. The zero-order valence-corrected chi connectivity index (χ0v) is 14.2. The molecule has 5 nitrogen and oxygen atoms in total. The van der Waals surface area contributed by atoms with Gasteiger partial charge in [0.1, 0.15) is 11.4 Å². The van der Waals surface area contributed by atoms with Crippen LogP contribution in [0.15, 0.2) is 41.2 Å². The number of benzene rings is 1. The van der Waals surface area contributed by atoms with Crippen LogP contribution in [0.1, 0.15) is 33.6 Å². The molecule has 24 heavy (non-hydrogen) atoms. The molecule has 0 bridgehead atoms. The Kier molecular flexibility index (Phi) is 5.49. The van der Waals surface area contributed by atoms with Crippen molar-refractivity contribution in [1.82, 2.24) is 15.1 Å². The van der Waals surface area contributed by atoms with E-state index in [1.807, 2.05) is 6.92 Å². The molecule has 0 radical (unpaired) electrons. The van der Waals surface area contributed by atoms with Gasteiger partial charge in [-0.2, -0.15) is 5.10 Å². The molecule has 0 fully saturated rings. The van der Waals surface area contributed by atoms with Gasteiger partial charge < -0.3 is 5.32 Å². The number of rotatable bonds is 6. The molecule has 0 aliphatic rings. The number of amides is 1. The Morgan fingerprint density at radius 2 is 1.88 bits per heavy atom. The number of hydrogen-bond acceptors (Lipinski definition) is 3. The Bertz CT molecular complexity index is 767. The summed E-state index contributed by atoms with van der Waals surface area (Å²) in [6, 6.07) is 8.76. The number of aromatic nitrogens is 2. The normalized spacial score (nSPS) is 11.3. The Balaban J connectivity index is 2.35. The van der Waals surface area contributed by atoms with E-state index in [-0.39, 0.29) is 17.3 Å². The van der Waals surface area contributed by atoms with Gasteiger partial charge in [0.15, 0.2) is 0 Å². The summed E-state index contributed by atoms with van der Waals surface area (Å²) >= 11 is 0. The third-order valence-corrected chi connectivity index (χ3v) is 3.84. The van der Waals surface area contributed by atoms with E-state index in [2.05, 4.69) is 10.4 Å². The topological polar surface area (TPSA) is 64.0 Å². The first kappa shape index (κ1) is 17.8. The van der Waals surface area contributed by atoms with E-state index in [0.29, 0.717) is 17.8 Å². The summed E-state index contributed by atoms with van der Waals surface area (Å²) in [6.07, 6.45) is 1.85. The van der Waals surface area contributed by atoms with Crippen LogP contribution in [0.5, 0.6) is 0 Å². The lowest BCUT2D eigenvalue weighted by atomic mass is 10.0. The maximum atomic E-state index is 13.1. The SMILES string of the molecule is CCCCNC(=O)C(C)(C)n1nc(-c2ccc(F)cc2)ccc1=O. The second-order valence-electron chi connectivity index (χ2n) is 6.14. The fourth-order valence-electron chi connectivity index (χ4n) is 2.28. The van der Waals surface area contributed by atoms with Gasteiger partial charge in [-0.15, -0.1) is 0 Å². The number of unbranched alkanes of at least 4 members (excludes halogenated alkanes) is 1. The number of carbonyl (C=O) groups excluding carboxylic acids is 1. The van der Waals surface area contributed by atoms with Crippen molar-refractivity contribution in [3.05, 3.63) is 52.6 Å². The predicted molar refractivity (Wildman–Crippen MR) is 91.1 cm³/mol. The summed E-state index contributed by atoms with van der Waals surface area (Å²) in [4.78, 5) is 24.6. The smallest absolute Gasteiger partial charge is 0.267 e. The molecule has 0 aliphatic carbocycles. The van der Waals surface area contributed by atoms with E-state index in [1.54, 1.807) is 32.0 Å². The zero-order valence-electron chi connectivity index (χ0n) is 14.2. The number of halogens is 1. The van der Waals surface area contributed by atoms with Crippen molar-refractivity contribution >= 4 is 5.91 Å². The minimum atomic E-state index is -1.12. The lowest BCUT2D eigenvalue weighted by Crippen LogP contribution is -2.49. The summed E-state index contributed by atoms with van der Waals surface area (Å²) in [5.74, 6) is -0.607. The molecule has 0 atom stereocenters. The molecule has 0 saturated carbocycles. The Morgan fingerprint density at radius 3 is 2.50 bits per heavy atom. The van der Waals surface area contributed by atoms with Crippen LogP contribution in [0.2, 0.25) is 0 Å². The average Bonchev–Trinajstić information content (AvgIpc) is 2.56. The number of hydrogen-bond donors (Lipinski definition) is 1. The highest BCUT2D eigenvalue weighted by Gasteiger charge is 2.31. The molecule has 1 amide bonds. The van der Waals surface area contributed by atoms with Gasteiger partial charge in [-0.1, -0.05) is 13.3 Å². The molecule has 0 saturated heterocycles. The van der Waals surface area contributed by atoms with Crippen molar-refractivity contribution in [2.45, 2.75) is 39.2 Å². The second-order valence-corrected chi connectivity index (χ2v) is 6.14. The van der Waals surface area contributed by atoms with Crippen LogP contribution in [0, 0.1) is 5.82 Å². The van der Waals surface area contributed by atoms with Crippen LogP contribution in [0.4, 0.5) is 4.39 Å². The van der Waals surface area contributed by atoms with Crippen LogP contribution in [0.25, 0.3) is 11.3 Å². The molecule has 0 aliphatic heterocycles. The van der Waals surface area contributed by atoms with Crippen molar-refractivity contribution < 1.29 is 9.18 Å². The molecule has 2 rings (SSSR count). The van der Waals surface area contributed by atoms with Gasteiger partial charge in [-0.25, -0.2) is 9.07 Å². The molecule has 1 aromatic heterocycles. The molecule has 1 aromatic carbocycles. The Labute approximate surface area is 140 Å². The van der Waals surface area contributed by atoms with Gasteiger partial charge in [0.2, 0.25) is 5.91 Å². The van der Waals surface area contributed by atoms with E-state index in [4.69, 9.17) is 0 Å². The van der Waals surface area contributed by atoms with E-state index in [9.17, 15) is 14.0 Å². The fraction of sp³-hybridized carbons (Fsp3) is 0.389. The molecule has 6 heteroatoms. The molecule has 1 N–H and O–H groups in total. The van der Waals surface area contributed by atoms with Gasteiger partial charge in [0.05, 0.1) is 5.69 Å². The van der Waals surface area contributed by atoms with Crippen molar-refractivity contribution in [3.8, 4) is 11.3 Å². The summed E-state index contributed by atoms with van der Waals surface area (Å²) in [5, 5.41) is 7.14. The Hall–Kier alpha value is -2.50. The third kappa shape index (κ3) is 3.88. The van der Waals surface area contributed by atoms with Gasteiger partial charge in [-0.3, -0.25) is 9.59 Å². The van der Waals surface area contributed by atoms with Gasteiger partial charge in [0.25, 0.3) is 5.56 Å². The van der Waals surface area contributed by atoms with Gasteiger partial charge >= 0.3 is 0 Å². The van der Waals surface area contributed by atoms with Crippen LogP contribution in [0.3, 0.4) is 0 Å². The minimum absolute atomic E-state index is 0.262. The number of nitrogens with one attached hydrogen (secondary N) is 1. The lowest BCUT2D eigenvalue weighted by molar-refractivity contribution is -0.129. The van der Waals surface area contributed by atoms with Crippen LogP contribution in [-0.4, -0.2) is 22.2 Å². The number of nitrogens with zero attached hydrogens (tertiary/aromatic N) is 2.